The van der Waals surface area contributed by atoms with Gasteiger partial charge in [0, 0.05) is 6.07 Å². The van der Waals surface area contributed by atoms with Crippen molar-refractivity contribution in [2.24, 2.45) is 0 Å². The monoisotopic (exact) mass is 292 g/mol. The maximum absolute atomic E-state index is 5.99. The van der Waals surface area contributed by atoms with E-state index >= 15 is 0 Å². The van der Waals surface area contributed by atoms with Crippen molar-refractivity contribution in [3.63, 3.8) is 0 Å². The molecule has 0 spiro atoms. The SMILES string of the molecule is CCCCCOc1ccc(C(C)C)c(OCCCCC)c1. The zero-order valence-electron chi connectivity index (χ0n) is 14.3. The molecule has 1 aromatic carbocycles. The molecule has 0 aliphatic rings. The van der Waals surface area contributed by atoms with Crippen LogP contribution in [0.5, 0.6) is 11.5 Å². The highest BCUT2D eigenvalue weighted by Gasteiger charge is 2.09. The van der Waals surface area contributed by atoms with Gasteiger partial charge in [-0.3, -0.25) is 0 Å². The lowest BCUT2D eigenvalue weighted by atomic mass is 10.0. The summed E-state index contributed by atoms with van der Waals surface area (Å²) in [6.07, 6.45) is 7.14. The third-order valence-electron chi connectivity index (χ3n) is 3.63. The van der Waals surface area contributed by atoms with Gasteiger partial charge in [0.2, 0.25) is 0 Å². The van der Waals surface area contributed by atoms with Gasteiger partial charge >= 0.3 is 0 Å². The normalized spacial score (nSPS) is 10.9. The van der Waals surface area contributed by atoms with Crippen LogP contribution in [0.25, 0.3) is 0 Å². The Morgan fingerprint density at radius 1 is 0.857 bits per heavy atom. The minimum Gasteiger partial charge on any atom is -0.493 e. The van der Waals surface area contributed by atoms with Gasteiger partial charge in [0.15, 0.2) is 0 Å². The minimum atomic E-state index is 0.473. The van der Waals surface area contributed by atoms with Gasteiger partial charge in [0.05, 0.1) is 13.2 Å². The first-order chi connectivity index (χ1) is 10.2. The van der Waals surface area contributed by atoms with E-state index in [1.54, 1.807) is 0 Å². The van der Waals surface area contributed by atoms with E-state index in [9.17, 15) is 0 Å². The van der Waals surface area contributed by atoms with Crippen molar-refractivity contribution in [2.45, 2.75) is 72.1 Å². The third kappa shape index (κ3) is 6.88. The van der Waals surface area contributed by atoms with Crippen molar-refractivity contribution in [3.8, 4) is 11.5 Å². The summed E-state index contributed by atoms with van der Waals surface area (Å²) in [5.41, 5.74) is 1.27. The number of hydrogen-bond acceptors (Lipinski definition) is 2. The van der Waals surface area contributed by atoms with Crippen LogP contribution in [0.1, 0.15) is 77.7 Å². The molecule has 0 N–H and O–H groups in total. The summed E-state index contributed by atoms with van der Waals surface area (Å²) < 4.78 is 11.8. The first-order valence-electron chi connectivity index (χ1n) is 8.58. The van der Waals surface area contributed by atoms with Gasteiger partial charge in [-0.15, -0.1) is 0 Å². The first-order valence-corrected chi connectivity index (χ1v) is 8.58. The summed E-state index contributed by atoms with van der Waals surface area (Å²) in [5.74, 6) is 2.40. The Morgan fingerprint density at radius 2 is 1.48 bits per heavy atom. The maximum Gasteiger partial charge on any atom is 0.126 e. The molecular weight excluding hydrogens is 260 g/mol. The number of benzene rings is 1. The van der Waals surface area contributed by atoms with Crippen LogP contribution < -0.4 is 9.47 Å². The van der Waals surface area contributed by atoms with E-state index in [0.29, 0.717) is 5.92 Å². The molecule has 0 unspecified atom stereocenters. The predicted octanol–water partition coefficient (Wildman–Crippen LogP) is 5.95. The average Bonchev–Trinajstić information content (AvgIpc) is 2.48. The Hall–Kier alpha value is -1.18. The predicted molar refractivity (Wildman–Crippen MR) is 90.6 cm³/mol. The first kappa shape index (κ1) is 17.9. The Bertz CT molecular complexity index is 385. The lowest BCUT2D eigenvalue weighted by molar-refractivity contribution is 0.289. The van der Waals surface area contributed by atoms with Crippen LogP contribution in [0.4, 0.5) is 0 Å². The van der Waals surface area contributed by atoms with E-state index in [0.717, 1.165) is 37.6 Å². The number of rotatable bonds is 11. The molecule has 0 atom stereocenters. The highest BCUT2D eigenvalue weighted by atomic mass is 16.5. The van der Waals surface area contributed by atoms with E-state index in [-0.39, 0.29) is 0 Å². The van der Waals surface area contributed by atoms with Gasteiger partial charge in [-0.05, 0) is 30.4 Å². The molecule has 120 valence electrons. The molecule has 1 rings (SSSR count). The highest BCUT2D eigenvalue weighted by Crippen LogP contribution is 2.30. The fourth-order valence-electron chi connectivity index (χ4n) is 2.28. The fourth-order valence-corrected chi connectivity index (χ4v) is 2.28. The molecule has 0 radical (unpaired) electrons. The van der Waals surface area contributed by atoms with Gasteiger partial charge in [-0.2, -0.15) is 0 Å². The summed E-state index contributed by atoms with van der Waals surface area (Å²) in [4.78, 5) is 0. The smallest absolute Gasteiger partial charge is 0.126 e. The number of unbranched alkanes of at least 4 members (excludes halogenated alkanes) is 4. The van der Waals surface area contributed by atoms with Crippen molar-refractivity contribution in [1.82, 2.24) is 0 Å². The lowest BCUT2D eigenvalue weighted by Crippen LogP contribution is -2.03. The minimum absolute atomic E-state index is 0.473. The lowest BCUT2D eigenvalue weighted by Gasteiger charge is -2.16. The molecule has 0 bridgehead atoms. The number of hydrogen-bond donors (Lipinski definition) is 0. The van der Waals surface area contributed by atoms with Gasteiger partial charge in [0.1, 0.15) is 11.5 Å². The topological polar surface area (TPSA) is 18.5 Å². The second-order valence-corrected chi connectivity index (χ2v) is 5.97. The Morgan fingerprint density at radius 3 is 2.05 bits per heavy atom. The Labute approximate surface area is 130 Å². The van der Waals surface area contributed by atoms with Crippen molar-refractivity contribution in [1.29, 1.82) is 0 Å². The molecule has 0 aliphatic carbocycles. The standard InChI is InChI=1S/C19H32O2/c1-5-7-9-13-20-17-11-12-18(16(3)4)19(15-17)21-14-10-8-6-2/h11-12,15-16H,5-10,13-14H2,1-4H3. The Balaban J connectivity index is 2.61. The fraction of sp³-hybridized carbons (Fsp3) is 0.684. The molecule has 2 heteroatoms. The molecule has 21 heavy (non-hydrogen) atoms. The summed E-state index contributed by atoms with van der Waals surface area (Å²) in [5, 5.41) is 0. The summed E-state index contributed by atoms with van der Waals surface area (Å²) in [6.45, 7) is 10.4. The van der Waals surface area contributed by atoms with E-state index in [1.165, 1.54) is 31.2 Å². The van der Waals surface area contributed by atoms with Gasteiger partial charge in [-0.25, -0.2) is 0 Å². The molecule has 0 fully saturated rings. The van der Waals surface area contributed by atoms with Crippen LogP contribution in [0.15, 0.2) is 18.2 Å². The van der Waals surface area contributed by atoms with Crippen LogP contribution in [0.2, 0.25) is 0 Å². The molecule has 2 nitrogen and oxygen atoms in total. The second-order valence-electron chi connectivity index (χ2n) is 5.97. The van der Waals surface area contributed by atoms with Crippen LogP contribution in [-0.2, 0) is 0 Å². The summed E-state index contributed by atoms with van der Waals surface area (Å²) in [7, 11) is 0. The van der Waals surface area contributed by atoms with Crippen LogP contribution in [-0.4, -0.2) is 13.2 Å². The molecule has 0 saturated carbocycles. The molecular formula is C19H32O2. The summed E-state index contributed by atoms with van der Waals surface area (Å²) in [6, 6.07) is 6.28. The second kappa shape index (κ2) is 10.5. The van der Waals surface area contributed by atoms with E-state index in [2.05, 4.69) is 45.9 Å². The third-order valence-corrected chi connectivity index (χ3v) is 3.63. The molecule has 0 aromatic heterocycles. The largest absolute Gasteiger partial charge is 0.493 e. The molecule has 0 aliphatic heterocycles. The number of ether oxygens (including phenoxy) is 2. The quantitative estimate of drug-likeness (QED) is 0.469. The highest BCUT2D eigenvalue weighted by molar-refractivity contribution is 5.42. The van der Waals surface area contributed by atoms with Crippen LogP contribution >= 0.6 is 0 Å². The van der Waals surface area contributed by atoms with Crippen molar-refractivity contribution in [2.75, 3.05) is 13.2 Å². The molecule has 0 amide bonds. The molecule has 0 saturated heterocycles. The van der Waals surface area contributed by atoms with E-state index in [4.69, 9.17) is 9.47 Å². The summed E-state index contributed by atoms with van der Waals surface area (Å²) >= 11 is 0. The van der Waals surface area contributed by atoms with Crippen molar-refractivity contribution >= 4 is 0 Å². The van der Waals surface area contributed by atoms with Crippen LogP contribution in [0, 0.1) is 0 Å². The van der Waals surface area contributed by atoms with Crippen molar-refractivity contribution < 1.29 is 9.47 Å². The molecule has 0 heterocycles. The van der Waals surface area contributed by atoms with Crippen LogP contribution in [0.3, 0.4) is 0 Å². The Kier molecular flexibility index (Phi) is 8.96. The van der Waals surface area contributed by atoms with Gasteiger partial charge < -0.3 is 9.47 Å². The van der Waals surface area contributed by atoms with Gasteiger partial charge in [-0.1, -0.05) is 59.4 Å². The zero-order valence-corrected chi connectivity index (χ0v) is 14.3. The van der Waals surface area contributed by atoms with Crippen molar-refractivity contribution in [3.05, 3.63) is 23.8 Å². The zero-order chi connectivity index (χ0) is 15.5. The van der Waals surface area contributed by atoms with Gasteiger partial charge in [0.25, 0.3) is 0 Å². The molecule has 1 aromatic rings. The van der Waals surface area contributed by atoms with E-state index < -0.39 is 0 Å². The average molecular weight is 292 g/mol. The maximum atomic E-state index is 5.99. The van der Waals surface area contributed by atoms with E-state index in [1.807, 2.05) is 0 Å².